The normalized spacial score (nSPS) is 18.3. The van der Waals surface area contributed by atoms with E-state index in [0.717, 1.165) is 23.4 Å². The number of fused-ring (bicyclic) bond motifs is 1. The third-order valence-corrected chi connectivity index (χ3v) is 7.42. The maximum absolute atomic E-state index is 13.1. The van der Waals surface area contributed by atoms with Crippen molar-refractivity contribution in [2.75, 3.05) is 12.9 Å². The molecule has 9 heteroatoms. The third-order valence-electron chi connectivity index (χ3n) is 6.33. The molecule has 0 bridgehead atoms. The highest BCUT2D eigenvalue weighted by Gasteiger charge is 2.34. The smallest absolute Gasteiger partial charge is 0.254 e. The molecular weight excluding hydrogens is 464 g/mol. The molecule has 0 saturated heterocycles. The Morgan fingerprint density at radius 3 is 2.64 bits per heavy atom. The lowest BCUT2D eigenvalue weighted by atomic mass is 9.84. The number of ketones is 1. The molecule has 2 heterocycles. The fraction of sp³-hybridized carbons (Fsp3) is 0.458. The van der Waals surface area contributed by atoms with Crippen LogP contribution in [0, 0.1) is 19.8 Å². The fourth-order valence-corrected chi connectivity index (χ4v) is 5.39. The largest absolute Gasteiger partial charge is 0.484 e. The number of halogens is 1. The summed E-state index contributed by atoms with van der Waals surface area (Å²) in [5.41, 5.74) is 2.06. The number of nitrogens with one attached hydrogen (secondary N) is 2. The second-order valence-electron chi connectivity index (χ2n) is 8.54. The summed E-state index contributed by atoms with van der Waals surface area (Å²) in [6.07, 6.45) is 4.39. The predicted molar refractivity (Wildman–Crippen MR) is 128 cm³/mol. The van der Waals surface area contributed by atoms with Gasteiger partial charge in [0.25, 0.3) is 11.5 Å². The Morgan fingerprint density at radius 2 is 1.94 bits per heavy atom. The van der Waals surface area contributed by atoms with Crippen molar-refractivity contribution in [2.45, 2.75) is 57.1 Å². The molecule has 1 aromatic heterocycles. The van der Waals surface area contributed by atoms with Gasteiger partial charge in [0.2, 0.25) is 0 Å². The van der Waals surface area contributed by atoms with Crippen LogP contribution in [0.5, 0.6) is 11.5 Å². The molecule has 2 aliphatic rings. The number of aromatic nitrogens is 1. The van der Waals surface area contributed by atoms with Crippen molar-refractivity contribution in [3.63, 3.8) is 0 Å². The average Bonchev–Trinajstić information content (AvgIpc) is 2.80. The molecule has 0 radical (unpaired) electrons. The van der Waals surface area contributed by atoms with Gasteiger partial charge in [0, 0.05) is 52.6 Å². The minimum Gasteiger partial charge on any atom is -0.484 e. The zero-order valence-electron chi connectivity index (χ0n) is 18.9. The van der Waals surface area contributed by atoms with Gasteiger partial charge < -0.3 is 19.8 Å². The van der Waals surface area contributed by atoms with Crippen LogP contribution in [0.25, 0.3) is 0 Å². The molecule has 176 valence electrons. The van der Waals surface area contributed by atoms with Crippen molar-refractivity contribution in [3.05, 3.63) is 49.9 Å². The van der Waals surface area contributed by atoms with E-state index in [4.69, 9.17) is 21.1 Å². The Balaban J connectivity index is 1.54. The van der Waals surface area contributed by atoms with E-state index in [9.17, 15) is 14.4 Å². The number of benzene rings is 1. The first kappa shape index (κ1) is 23.7. The SMILES string of the molecule is CSc1cc(C)[nH]c(=O)c1CNC(=O)c1cc(Cl)c2c(c1C)O[C@@H](C1CCC(=O)CC1)CO2. The molecule has 2 N–H and O–H groups in total. The molecule has 1 atom stereocenters. The lowest BCUT2D eigenvalue weighted by Crippen LogP contribution is -2.38. The standard InChI is InChI=1S/C24H27ClN2O5S/c1-12-8-20(33-3)17(24(30)27-12)10-26-23(29)16-9-18(25)22-21(13(16)2)32-19(11-31-22)14-4-6-15(28)7-5-14/h8-9,14,19H,4-7,10-11H2,1-3H3,(H,26,29)(H,27,30)/t19-/m1/s1. The Kier molecular flexibility index (Phi) is 7.05. The van der Waals surface area contributed by atoms with Gasteiger partial charge >= 0.3 is 0 Å². The van der Waals surface area contributed by atoms with Gasteiger partial charge in [0.05, 0.1) is 5.02 Å². The number of carbonyl (C=O) groups excluding carboxylic acids is 2. The van der Waals surface area contributed by atoms with Crippen LogP contribution in [0.1, 0.15) is 52.9 Å². The first-order valence-corrected chi connectivity index (χ1v) is 12.6. The van der Waals surface area contributed by atoms with E-state index >= 15 is 0 Å². The average molecular weight is 491 g/mol. The molecule has 0 unspecified atom stereocenters. The lowest BCUT2D eigenvalue weighted by molar-refractivity contribution is -0.121. The van der Waals surface area contributed by atoms with E-state index in [1.165, 1.54) is 11.8 Å². The molecule has 1 amide bonds. The number of aryl methyl sites for hydroxylation is 1. The lowest BCUT2D eigenvalue weighted by Gasteiger charge is -2.35. The van der Waals surface area contributed by atoms with Gasteiger partial charge in [0.15, 0.2) is 11.5 Å². The first-order chi connectivity index (χ1) is 15.8. The van der Waals surface area contributed by atoms with Crippen LogP contribution in [-0.4, -0.2) is 35.6 Å². The third kappa shape index (κ3) is 4.92. The van der Waals surface area contributed by atoms with E-state index in [-0.39, 0.29) is 30.0 Å². The molecule has 1 fully saturated rings. The van der Waals surface area contributed by atoms with Crippen LogP contribution in [0.3, 0.4) is 0 Å². The van der Waals surface area contributed by atoms with Crippen molar-refractivity contribution in [1.82, 2.24) is 10.3 Å². The summed E-state index contributed by atoms with van der Waals surface area (Å²) in [5.74, 6) is 1.08. The Labute approximate surface area is 201 Å². The highest BCUT2D eigenvalue weighted by atomic mass is 35.5. The van der Waals surface area contributed by atoms with Gasteiger partial charge in [-0.2, -0.15) is 0 Å². The molecule has 0 spiro atoms. The second kappa shape index (κ2) is 9.81. The zero-order chi connectivity index (χ0) is 23.7. The minimum atomic E-state index is -0.349. The molecular formula is C24H27ClN2O5S. The molecule has 2 aromatic rings. The molecule has 1 aromatic carbocycles. The van der Waals surface area contributed by atoms with Crippen LogP contribution < -0.4 is 20.3 Å². The van der Waals surface area contributed by atoms with Gasteiger partial charge in [-0.1, -0.05) is 11.6 Å². The number of aromatic amines is 1. The first-order valence-electron chi connectivity index (χ1n) is 11.0. The van der Waals surface area contributed by atoms with Gasteiger partial charge in [0.1, 0.15) is 18.5 Å². The van der Waals surface area contributed by atoms with Crippen LogP contribution in [-0.2, 0) is 11.3 Å². The van der Waals surface area contributed by atoms with Crippen molar-refractivity contribution in [1.29, 1.82) is 0 Å². The Morgan fingerprint density at radius 1 is 1.21 bits per heavy atom. The molecule has 1 aliphatic carbocycles. The molecule has 4 rings (SSSR count). The topological polar surface area (TPSA) is 97.5 Å². The summed E-state index contributed by atoms with van der Waals surface area (Å²) in [6, 6.07) is 3.46. The number of hydrogen-bond donors (Lipinski definition) is 2. The van der Waals surface area contributed by atoms with Crippen LogP contribution in [0.15, 0.2) is 21.8 Å². The van der Waals surface area contributed by atoms with Crippen LogP contribution in [0.4, 0.5) is 0 Å². The summed E-state index contributed by atoms with van der Waals surface area (Å²) in [7, 11) is 0. The number of H-pyrrole nitrogens is 1. The van der Waals surface area contributed by atoms with Gasteiger partial charge in [-0.3, -0.25) is 14.4 Å². The minimum absolute atomic E-state index is 0.0921. The zero-order valence-corrected chi connectivity index (χ0v) is 20.5. The maximum atomic E-state index is 13.1. The van der Waals surface area contributed by atoms with Crippen molar-refractivity contribution >= 4 is 35.1 Å². The number of carbonyl (C=O) groups is 2. The van der Waals surface area contributed by atoms with Gasteiger partial charge in [-0.15, -0.1) is 11.8 Å². The van der Waals surface area contributed by atoms with E-state index in [0.29, 0.717) is 58.4 Å². The van der Waals surface area contributed by atoms with Crippen LogP contribution >= 0.6 is 23.4 Å². The van der Waals surface area contributed by atoms with Crippen molar-refractivity contribution in [3.8, 4) is 11.5 Å². The number of pyridine rings is 1. The molecule has 1 saturated carbocycles. The molecule has 7 nitrogen and oxygen atoms in total. The predicted octanol–water partition coefficient (Wildman–Crippen LogP) is 4.20. The highest BCUT2D eigenvalue weighted by molar-refractivity contribution is 7.98. The Bertz CT molecular complexity index is 1150. The number of amides is 1. The summed E-state index contributed by atoms with van der Waals surface area (Å²) in [5, 5.41) is 3.14. The number of rotatable bonds is 5. The van der Waals surface area contributed by atoms with Crippen molar-refractivity contribution < 1.29 is 19.1 Å². The Hall–Kier alpha value is -2.45. The quantitative estimate of drug-likeness (QED) is 0.610. The fourth-order valence-electron chi connectivity index (χ4n) is 4.43. The number of hydrogen-bond acceptors (Lipinski definition) is 6. The van der Waals surface area contributed by atoms with Gasteiger partial charge in [-0.05, 0) is 45.1 Å². The summed E-state index contributed by atoms with van der Waals surface area (Å²) < 4.78 is 12.2. The number of ether oxygens (including phenoxy) is 2. The van der Waals surface area contributed by atoms with E-state index < -0.39 is 0 Å². The van der Waals surface area contributed by atoms with Crippen LogP contribution in [0.2, 0.25) is 5.02 Å². The highest BCUT2D eigenvalue weighted by Crippen LogP contribution is 2.44. The number of Topliss-reactive ketones (excluding diaryl/α,β-unsaturated/α-hetero) is 1. The van der Waals surface area contributed by atoms with Crippen molar-refractivity contribution in [2.24, 2.45) is 5.92 Å². The van der Waals surface area contributed by atoms with E-state index in [2.05, 4.69) is 10.3 Å². The summed E-state index contributed by atoms with van der Waals surface area (Å²) >= 11 is 7.89. The molecule has 33 heavy (non-hydrogen) atoms. The number of thioether (sulfide) groups is 1. The maximum Gasteiger partial charge on any atom is 0.254 e. The monoisotopic (exact) mass is 490 g/mol. The second-order valence-corrected chi connectivity index (χ2v) is 9.80. The van der Waals surface area contributed by atoms with E-state index in [1.54, 1.807) is 13.0 Å². The van der Waals surface area contributed by atoms with E-state index in [1.807, 2.05) is 19.2 Å². The molecule has 1 aliphatic heterocycles. The van der Waals surface area contributed by atoms with Gasteiger partial charge in [-0.25, -0.2) is 0 Å². The summed E-state index contributed by atoms with van der Waals surface area (Å²) in [4.78, 5) is 40.6. The summed E-state index contributed by atoms with van der Waals surface area (Å²) in [6.45, 7) is 4.08.